The van der Waals surface area contributed by atoms with Crippen LogP contribution in [-0.2, 0) is 0 Å². The maximum absolute atomic E-state index is 9.04. The summed E-state index contributed by atoms with van der Waals surface area (Å²) >= 11 is 0. The molecule has 1 rings (SSSR count). The van der Waals surface area contributed by atoms with Gasteiger partial charge in [-0.15, -0.1) is 0 Å². The van der Waals surface area contributed by atoms with Crippen LogP contribution in [0, 0.1) is 30.1 Å². The van der Waals surface area contributed by atoms with E-state index in [2.05, 4.69) is 43.6 Å². The lowest BCUT2D eigenvalue weighted by Crippen LogP contribution is -2.32. The van der Waals surface area contributed by atoms with Gasteiger partial charge in [0.1, 0.15) is 5.82 Å². The third kappa shape index (κ3) is 4.37. The number of aryl methyl sites for hydroxylation is 1. The van der Waals surface area contributed by atoms with E-state index in [0.717, 1.165) is 24.6 Å². The Bertz CT molecular complexity index is 420. The highest BCUT2D eigenvalue weighted by atomic mass is 15.2. The van der Waals surface area contributed by atoms with Crippen molar-refractivity contribution in [3.63, 3.8) is 0 Å². The predicted octanol–water partition coefficient (Wildman–Crippen LogP) is 3.38. The molecule has 0 unspecified atom stereocenters. The van der Waals surface area contributed by atoms with E-state index in [1.165, 1.54) is 0 Å². The highest BCUT2D eigenvalue weighted by Gasteiger charge is 2.13. The van der Waals surface area contributed by atoms with E-state index in [4.69, 9.17) is 5.26 Å². The third-order valence-corrected chi connectivity index (χ3v) is 2.56. The molecule has 3 nitrogen and oxygen atoms in total. The fourth-order valence-corrected chi connectivity index (χ4v) is 2.02. The number of hydrogen-bond acceptors (Lipinski definition) is 3. The van der Waals surface area contributed by atoms with Gasteiger partial charge in [-0.05, 0) is 30.9 Å². The summed E-state index contributed by atoms with van der Waals surface area (Å²) < 4.78 is 0. The van der Waals surface area contributed by atoms with Gasteiger partial charge in [-0.3, -0.25) is 0 Å². The minimum Gasteiger partial charge on any atom is -0.356 e. The van der Waals surface area contributed by atoms with Gasteiger partial charge in [0.05, 0.1) is 11.6 Å². The van der Waals surface area contributed by atoms with Gasteiger partial charge in [0, 0.05) is 18.8 Å². The Balaban J connectivity index is 3.04. The molecule has 0 aromatic carbocycles. The van der Waals surface area contributed by atoms with Crippen molar-refractivity contribution >= 4 is 5.82 Å². The van der Waals surface area contributed by atoms with Crippen LogP contribution in [0.25, 0.3) is 0 Å². The molecule has 0 atom stereocenters. The van der Waals surface area contributed by atoms with Crippen molar-refractivity contribution in [1.29, 1.82) is 5.26 Å². The van der Waals surface area contributed by atoms with E-state index < -0.39 is 0 Å². The van der Waals surface area contributed by atoms with E-state index in [1.54, 1.807) is 0 Å². The average Bonchev–Trinajstić information content (AvgIpc) is 2.26. The molecule has 0 saturated carbocycles. The molecule has 0 amide bonds. The van der Waals surface area contributed by atoms with Gasteiger partial charge in [-0.2, -0.15) is 5.26 Å². The zero-order chi connectivity index (χ0) is 13.7. The van der Waals surface area contributed by atoms with Crippen LogP contribution in [0.15, 0.2) is 12.1 Å². The molecule has 1 aromatic heterocycles. The normalized spacial score (nSPS) is 10.8. The van der Waals surface area contributed by atoms with Crippen LogP contribution in [0.4, 0.5) is 5.82 Å². The lowest BCUT2D eigenvalue weighted by molar-refractivity contribution is 0.548. The molecule has 0 N–H and O–H groups in total. The summed E-state index contributed by atoms with van der Waals surface area (Å²) in [5.41, 5.74) is 1.59. The number of hydrogen-bond donors (Lipinski definition) is 0. The summed E-state index contributed by atoms with van der Waals surface area (Å²) in [6.07, 6.45) is 0. The van der Waals surface area contributed by atoms with Crippen LogP contribution < -0.4 is 4.90 Å². The number of anilines is 1. The first-order valence-corrected chi connectivity index (χ1v) is 6.56. The molecule has 0 fully saturated rings. The fraction of sp³-hybridized carbons (Fsp3) is 0.600. The van der Waals surface area contributed by atoms with Crippen LogP contribution in [0.2, 0.25) is 0 Å². The molecule has 0 radical (unpaired) electrons. The van der Waals surface area contributed by atoms with Gasteiger partial charge in [0.2, 0.25) is 0 Å². The number of aromatic nitrogens is 1. The lowest BCUT2D eigenvalue weighted by atomic mass is 10.1. The van der Waals surface area contributed by atoms with Gasteiger partial charge in [0.15, 0.2) is 0 Å². The Morgan fingerprint density at radius 2 is 1.72 bits per heavy atom. The van der Waals surface area contributed by atoms with E-state index in [1.807, 2.05) is 19.1 Å². The fourth-order valence-electron chi connectivity index (χ4n) is 2.02. The number of nitrogens with zero attached hydrogens (tertiary/aromatic N) is 3. The SMILES string of the molecule is Cc1cc(C#N)cc(N(CC(C)C)CC(C)C)n1. The monoisotopic (exact) mass is 245 g/mol. The smallest absolute Gasteiger partial charge is 0.130 e. The number of pyridine rings is 1. The first-order chi connectivity index (χ1) is 8.42. The van der Waals surface area contributed by atoms with Gasteiger partial charge in [-0.1, -0.05) is 27.7 Å². The molecule has 18 heavy (non-hydrogen) atoms. The Hall–Kier alpha value is -1.56. The number of nitriles is 1. The summed E-state index contributed by atoms with van der Waals surface area (Å²) in [5.74, 6) is 2.09. The Morgan fingerprint density at radius 3 is 2.17 bits per heavy atom. The highest BCUT2D eigenvalue weighted by molar-refractivity contribution is 5.46. The largest absolute Gasteiger partial charge is 0.356 e. The highest BCUT2D eigenvalue weighted by Crippen LogP contribution is 2.17. The van der Waals surface area contributed by atoms with Gasteiger partial charge < -0.3 is 4.90 Å². The van der Waals surface area contributed by atoms with Crippen molar-refractivity contribution in [2.24, 2.45) is 11.8 Å². The zero-order valence-electron chi connectivity index (χ0n) is 12.1. The van der Waals surface area contributed by atoms with Crippen molar-refractivity contribution in [3.05, 3.63) is 23.4 Å². The first-order valence-electron chi connectivity index (χ1n) is 6.56. The summed E-state index contributed by atoms with van der Waals surface area (Å²) in [6, 6.07) is 5.92. The molecule has 1 heterocycles. The van der Waals surface area contributed by atoms with Crippen molar-refractivity contribution in [1.82, 2.24) is 4.98 Å². The van der Waals surface area contributed by atoms with Crippen LogP contribution in [0.5, 0.6) is 0 Å². The molecule has 0 spiro atoms. The number of rotatable bonds is 5. The average molecular weight is 245 g/mol. The molecule has 0 aliphatic rings. The minimum atomic E-state index is 0.580. The Kier molecular flexibility index (Phi) is 5.15. The first kappa shape index (κ1) is 14.5. The van der Waals surface area contributed by atoms with E-state index in [-0.39, 0.29) is 0 Å². The second-order valence-electron chi connectivity index (χ2n) is 5.66. The van der Waals surface area contributed by atoms with Gasteiger partial charge >= 0.3 is 0 Å². The molecule has 0 bridgehead atoms. The van der Waals surface area contributed by atoms with Crippen molar-refractivity contribution < 1.29 is 0 Å². The summed E-state index contributed by atoms with van der Waals surface area (Å²) in [6.45, 7) is 12.7. The molecular weight excluding hydrogens is 222 g/mol. The maximum atomic E-state index is 9.04. The second-order valence-corrected chi connectivity index (χ2v) is 5.66. The maximum Gasteiger partial charge on any atom is 0.130 e. The van der Waals surface area contributed by atoms with Crippen molar-refractivity contribution in [2.45, 2.75) is 34.6 Å². The van der Waals surface area contributed by atoms with E-state index in [0.29, 0.717) is 17.4 Å². The summed E-state index contributed by atoms with van der Waals surface area (Å²) in [7, 11) is 0. The molecule has 0 aliphatic heterocycles. The minimum absolute atomic E-state index is 0.580. The molecule has 0 aliphatic carbocycles. The third-order valence-electron chi connectivity index (χ3n) is 2.56. The van der Waals surface area contributed by atoms with Crippen LogP contribution in [0.1, 0.15) is 39.0 Å². The van der Waals surface area contributed by atoms with Gasteiger partial charge in [-0.25, -0.2) is 4.98 Å². The van der Waals surface area contributed by atoms with Crippen molar-refractivity contribution in [2.75, 3.05) is 18.0 Å². The van der Waals surface area contributed by atoms with E-state index in [9.17, 15) is 0 Å². The Morgan fingerprint density at radius 1 is 1.17 bits per heavy atom. The Labute approximate surface area is 110 Å². The molecule has 98 valence electrons. The topological polar surface area (TPSA) is 39.9 Å². The lowest BCUT2D eigenvalue weighted by Gasteiger charge is -2.27. The predicted molar refractivity (Wildman–Crippen MR) is 75.6 cm³/mol. The zero-order valence-corrected chi connectivity index (χ0v) is 12.1. The van der Waals surface area contributed by atoms with Crippen LogP contribution in [-0.4, -0.2) is 18.1 Å². The van der Waals surface area contributed by atoms with Crippen molar-refractivity contribution in [3.8, 4) is 6.07 Å². The van der Waals surface area contributed by atoms with Crippen LogP contribution >= 0.6 is 0 Å². The molecule has 0 saturated heterocycles. The molecular formula is C15H23N3. The molecule has 3 heteroatoms. The van der Waals surface area contributed by atoms with Crippen LogP contribution in [0.3, 0.4) is 0 Å². The summed E-state index contributed by atoms with van der Waals surface area (Å²) in [5, 5.41) is 9.04. The standard InChI is InChI=1S/C15H23N3/c1-11(2)9-18(10-12(3)4)15-7-14(8-16)6-13(5)17-15/h6-7,11-12H,9-10H2,1-5H3. The summed E-state index contributed by atoms with van der Waals surface area (Å²) in [4.78, 5) is 6.84. The van der Waals surface area contributed by atoms with E-state index >= 15 is 0 Å². The van der Waals surface area contributed by atoms with Gasteiger partial charge in [0.25, 0.3) is 0 Å². The quantitative estimate of drug-likeness (QED) is 0.798. The second kappa shape index (κ2) is 6.39. The molecule has 1 aromatic rings.